The Hall–Kier alpha value is -13.5. The molecule has 4 radical (unpaired) electrons. The Balaban J connectivity index is 0.000000211. The topological polar surface area (TPSA) is 249 Å². The Labute approximate surface area is 938 Å². The Bertz CT molecular complexity index is 7270. The minimum atomic E-state index is -2.87. The number of hydrogen-bond donors (Lipinski definition) is 7. The van der Waals surface area contributed by atoms with E-state index in [0.717, 1.165) is 102 Å². The molecule has 0 atom stereocenters. The van der Waals surface area contributed by atoms with Crippen LogP contribution in [0.15, 0.2) is 407 Å². The van der Waals surface area contributed by atoms with E-state index < -0.39 is 11.9 Å². The van der Waals surface area contributed by atoms with E-state index >= 15 is 0 Å². The summed E-state index contributed by atoms with van der Waals surface area (Å²) >= 11 is 0. The van der Waals surface area contributed by atoms with Crippen molar-refractivity contribution in [1.29, 1.82) is 0 Å². The van der Waals surface area contributed by atoms with Gasteiger partial charge in [-0.05, 0) is 177 Å². The van der Waals surface area contributed by atoms with Gasteiger partial charge in [-0.3, -0.25) is 9.78 Å². The van der Waals surface area contributed by atoms with Crippen LogP contribution < -0.4 is 0 Å². The summed E-state index contributed by atoms with van der Waals surface area (Å²) in [5, 5.41) is 64.7. The monoisotopic (exact) mass is 2690 g/mol. The second kappa shape index (κ2) is 61.6. The average Bonchev–Trinajstić information content (AvgIpc) is 0.775. The standard InChI is InChI=1S/C27H26N.C21H20N.C18H14NO3.C18H14N.C12H10NO3.2C12H10N.C11H20O2.4Ir/c1-18(2)12-23-17-27(24-14-19(3)13-20(4)15-24)28-26-11-10-22(16-25(23)26)21-8-6-5-7-9-21;1-16(2)14-17-8-10-18(11-9-17)20-12-13-22-21(15-20)19-6-4-3-5-7-19;20-18(21,22)16-9-10-17(19-12-16)15-8-4-7-14(11-15)13-5-2-1-3-6-13;1-14-12-18(16-10-6-3-7-11-16)19-13-17(14)15-8-4-2-5-9-15;14-12(15,16)10-6-7-11(13-8-10)9-4-2-1-3-5-9;1-10-7-8-13-12(9-10)11-5-3-2-4-6-11;1-10-7-8-12(13-9-10)11-5-3-2-4-6-11;1-8(2)5-10(12)7-11(13)6-9(3)4;;;;/h5-11,13-14,16-18H,12H2,1-4H3;3-6,8-13,15-16H,14H2,1-2H3;1-7,9-12,20-22H;2-10,12-13H,1H3;1-4,6-8,14-16H;2*2-5,7-9H,1H3;7-9,12H,5-6H2,1-4H3;;;;/q7*-1;;;;;. The molecule has 0 aliphatic rings. The fraction of sp³-hybridized carbons (Fsp3) is 0.176. The van der Waals surface area contributed by atoms with Crippen molar-refractivity contribution in [2.75, 3.05) is 0 Å². The molecular weight excluding hydrogens is 2570 g/mol. The molecule has 0 aliphatic carbocycles. The molecule has 19 rings (SSSR count). The van der Waals surface area contributed by atoms with Crippen molar-refractivity contribution in [3.8, 4) is 123 Å². The molecule has 150 heavy (non-hydrogen) atoms. The number of allylic oxidation sites excluding steroid dienone is 2. The maximum absolute atomic E-state index is 11.2. The molecule has 7 heterocycles. The van der Waals surface area contributed by atoms with Crippen LogP contribution >= 0.6 is 0 Å². The summed E-state index contributed by atoms with van der Waals surface area (Å²) in [6.07, 6.45) is 14.6. The molecule has 19 aromatic rings. The number of ketones is 1. The van der Waals surface area contributed by atoms with E-state index in [2.05, 4.69) is 261 Å². The van der Waals surface area contributed by atoms with E-state index in [1.807, 2.05) is 254 Å². The van der Waals surface area contributed by atoms with Gasteiger partial charge in [-0.15, -0.1) is 250 Å². The molecule has 12 aromatic carbocycles. The molecule has 0 bridgehead atoms. The Morgan fingerprint density at radius 3 is 1.17 bits per heavy atom. The first-order chi connectivity index (χ1) is 70.3. The van der Waals surface area contributed by atoms with Crippen molar-refractivity contribution in [2.24, 2.45) is 23.7 Å². The van der Waals surface area contributed by atoms with Gasteiger partial charge in [-0.25, -0.2) is 0 Å². The van der Waals surface area contributed by atoms with Crippen LogP contribution in [0.1, 0.15) is 118 Å². The molecule has 0 aliphatic heterocycles. The molecule has 0 saturated heterocycles. The number of aliphatic hydroxyl groups is 7. The summed E-state index contributed by atoms with van der Waals surface area (Å²) in [5.74, 6) is -3.46. The third-order valence-electron chi connectivity index (χ3n) is 22.7. The Morgan fingerprint density at radius 1 is 0.313 bits per heavy atom. The van der Waals surface area contributed by atoms with Gasteiger partial charge in [0.15, 0.2) is 5.78 Å². The number of carbonyl (C=O) groups is 1. The molecule has 7 N–H and O–H groups in total. The van der Waals surface area contributed by atoms with Crippen LogP contribution in [-0.2, 0) is 110 Å². The number of rotatable bonds is 22. The van der Waals surface area contributed by atoms with Gasteiger partial charge in [-0.1, -0.05) is 257 Å². The maximum Gasteiger partial charge on any atom is 0.305 e. The summed E-state index contributed by atoms with van der Waals surface area (Å²) in [4.78, 5) is 42.0. The molecule has 0 spiro atoms. The second-order valence-electron chi connectivity index (χ2n) is 37.2. The molecule has 0 fully saturated rings. The first kappa shape index (κ1) is 122. The number of aryl methyl sites for hydroxylation is 5. The molecular formula is C131H124Ir4N7O8-7. The molecule has 19 heteroatoms. The molecule has 774 valence electrons. The van der Waals surface area contributed by atoms with Gasteiger partial charge >= 0.3 is 11.9 Å². The quantitative estimate of drug-likeness (QED) is 0.0144. The smallest absolute Gasteiger partial charge is 0.305 e. The summed E-state index contributed by atoms with van der Waals surface area (Å²) < 4.78 is 0. The number of pyridine rings is 7. The predicted octanol–water partition coefficient (Wildman–Crippen LogP) is 28.9. The van der Waals surface area contributed by atoms with Crippen LogP contribution in [0.2, 0.25) is 0 Å². The van der Waals surface area contributed by atoms with Crippen LogP contribution in [0, 0.1) is 101 Å². The van der Waals surface area contributed by atoms with Crippen LogP contribution in [-0.4, -0.2) is 76.4 Å². The van der Waals surface area contributed by atoms with Gasteiger partial charge in [0, 0.05) is 147 Å². The van der Waals surface area contributed by atoms with Crippen LogP contribution in [0.4, 0.5) is 0 Å². The minimum absolute atomic E-state index is 0. The summed E-state index contributed by atoms with van der Waals surface area (Å²) in [7, 11) is 0. The van der Waals surface area contributed by atoms with Gasteiger partial charge < -0.3 is 65.6 Å². The minimum Gasteiger partial charge on any atom is -0.512 e. The molecule has 0 saturated carbocycles. The van der Waals surface area contributed by atoms with E-state index in [9.17, 15) is 9.90 Å². The zero-order valence-electron chi connectivity index (χ0n) is 86.2. The number of aromatic nitrogens is 7. The zero-order chi connectivity index (χ0) is 104. The van der Waals surface area contributed by atoms with E-state index in [1.165, 1.54) is 103 Å². The summed E-state index contributed by atoms with van der Waals surface area (Å²) in [6, 6.07) is 140. The van der Waals surface area contributed by atoms with Crippen molar-refractivity contribution in [2.45, 2.75) is 128 Å². The molecule has 15 nitrogen and oxygen atoms in total. The first-order valence-corrected chi connectivity index (χ1v) is 48.9. The number of fused-ring (bicyclic) bond motifs is 1. The third kappa shape index (κ3) is 39.5. The number of nitrogens with zero attached hydrogens (tertiary/aromatic N) is 7. The molecule has 7 aromatic heterocycles. The van der Waals surface area contributed by atoms with Crippen molar-refractivity contribution in [1.82, 2.24) is 34.9 Å². The van der Waals surface area contributed by atoms with Crippen molar-refractivity contribution < 1.29 is 121 Å². The normalized spacial score (nSPS) is 10.7. The summed E-state index contributed by atoms with van der Waals surface area (Å²) in [5.41, 5.74) is 32.1. The number of carbonyl (C=O) groups excluding carboxylic acids is 1. The van der Waals surface area contributed by atoms with E-state index in [1.54, 1.807) is 18.2 Å². The second-order valence-corrected chi connectivity index (χ2v) is 37.2. The van der Waals surface area contributed by atoms with Gasteiger partial charge in [0.25, 0.3) is 0 Å². The van der Waals surface area contributed by atoms with E-state index in [4.69, 9.17) is 35.6 Å². The fourth-order valence-corrected chi connectivity index (χ4v) is 15.7. The summed E-state index contributed by atoms with van der Waals surface area (Å²) in [6.45, 7) is 27.5. The number of aliphatic hydroxyl groups excluding tert-OH is 1. The third-order valence-corrected chi connectivity index (χ3v) is 22.7. The van der Waals surface area contributed by atoms with Gasteiger partial charge in [0.2, 0.25) is 0 Å². The SMILES string of the molecule is CC(C)CC(=O)C=C(O)CC(C)C.CC(C)Cc1ccc(-c2ccnc(-c3[c-]cccc3)c2)cc1.Cc1[c-]c(-c2cc(CC(C)C)c3cc(-c4ccccc4)ccc3n2)cc(C)c1.Cc1cc(-c2[c-]cccc2)ncc1-c1ccccc1.Cc1ccc(-c2[c-]cccc2)nc1.Cc1ccnc(-c2[c-]cccc2)c1.OC(O)(O)c1ccc(-c2[c-]ccc(-c3ccccc3)c2)nc1.OC(O)(O)c1ccc(-c2[c-]cccc2)nc1.[Ir].[Ir].[Ir].[Ir]. The van der Waals surface area contributed by atoms with Gasteiger partial charge in [0.1, 0.15) is 0 Å². The van der Waals surface area contributed by atoms with Crippen LogP contribution in [0.5, 0.6) is 0 Å². The van der Waals surface area contributed by atoms with Crippen molar-refractivity contribution in [3.05, 3.63) is 499 Å². The van der Waals surface area contributed by atoms with Crippen molar-refractivity contribution >= 4 is 16.7 Å². The fourth-order valence-electron chi connectivity index (χ4n) is 15.7. The van der Waals surface area contributed by atoms with Gasteiger partial charge in [-0.2, -0.15) is 0 Å². The Morgan fingerprint density at radius 2 is 0.733 bits per heavy atom. The average molecular weight is 2690 g/mol. The van der Waals surface area contributed by atoms with Crippen LogP contribution in [0.25, 0.3) is 134 Å². The van der Waals surface area contributed by atoms with E-state index in [0.29, 0.717) is 47.9 Å². The number of hydrogen-bond acceptors (Lipinski definition) is 15. The predicted molar refractivity (Wildman–Crippen MR) is 591 cm³/mol. The molecule has 0 unspecified atom stereocenters. The maximum atomic E-state index is 11.2. The van der Waals surface area contributed by atoms with Crippen molar-refractivity contribution in [3.63, 3.8) is 0 Å². The zero-order valence-corrected chi connectivity index (χ0v) is 95.8. The Kier molecular flexibility index (Phi) is 50.0. The van der Waals surface area contributed by atoms with Gasteiger partial charge in [0.05, 0.1) is 22.4 Å². The number of benzene rings is 12. The van der Waals surface area contributed by atoms with E-state index in [-0.39, 0.29) is 103 Å². The first-order valence-electron chi connectivity index (χ1n) is 48.9. The van der Waals surface area contributed by atoms with Crippen LogP contribution in [0.3, 0.4) is 0 Å². The largest absolute Gasteiger partial charge is 0.512 e. The molecule has 0 amide bonds.